The minimum absolute atomic E-state index is 0.237. The van der Waals surface area contributed by atoms with Crippen molar-refractivity contribution in [2.75, 3.05) is 25.1 Å². The van der Waals surface area contributed by atoms with Crippen LogP contribution in [0.3, 0.4) is 0 Å². The normalized spacial score (nSPS) is 12.0. The molecule has 0 aliphatic rings. The maximum absolute atomic E-state index is 12.9. The molecule has 43 heavy (non-hydrogen) atoms. The van der Waals surface area contributed by atoms with E-state index in [1.165, 1.54) is 6.08 Å². The van der Waals surface area contributed by atoms with E-state index in [2.05, 4.69) is 28.7 Å². The molecular formula is C35H41N3O4S. The van der Waals surface area contributed by atoms with Gasteiger partial charge in [0, 0.05) is 24.9 Å². The van der Waals surface area contributed by atoms with Gasteiger partial charge in [0.15, 0.2) is 10.6 Å². The van der Waals surface area contributed by atoms with Crippen molar-refractivity contribution in [3.63, 3.8) is 0 Å². The highest BCUT2D eigenvalue weighted by Crippen LogP contribution is 2.24. The van der Waals surface area contributed by atoms with Gasteiger partial charge in [-0.2, -0.15) is 0 Å². The lowest BCUT2D eigenvalue weighted by Gasteiger charge is -2.12. The zero-order valence-electron chi connectivity index (χ0n) is 25.0. The smallest absolute Gasteiger partial charge is 0.248 e. The molecule has 0 unspecified atom stereocenters. The molecule has 1 amide bonds. The topological polar surface area (TPSA) is 88.4 Å². The number of benzene rings is 3. The van der Waals surface area contributed by atoms with Gasteiger partial charge in [-0.3, -0.25) is 4.79 Å². The summed E-state index contributed by atoms with van der Waals surface area (Å²) in [5.41, 5.74) is 4.64. The predicted octanol–water partition coefficient (Wildman–Crippen LogP) is 7.51. The van der Waals surface area contributed by atoms with E-state index in [1.807, 2.05) is 48.5 Å². The molecule has 3 aromatic carbocycles. The number of amides is 1. The van der Waals surface area contributed by atoms with E-state index in [1.54, 1.807) is 42.9 Å². The molecule has 0 saturated heterocycles. The molecule has 0 aliphatic heterocycles. The summed E-state index contributed by atoms with van der Waals surface area (Å²) in [5.74, 6) is 0.980. The van der Waals surface area contributed by atoms with Crippen LogP contribution in [-0.2, 0) is 33.0 Å². The molecule has 0 aliphatic carbocycles. The second-order valence-electron chi connectivity index (χ2n) is 10.2. The molecule has 0 radical (unpaired) electrons. The van der Waals surface area contributed by atoms with Crippen LogP contribution in [0, 0.1) is 0 Å². The first-order valence-corrected chi connectivity index (χ1v) is 16.2. The number of unbranched alkanes of at least 4 members (excludes halogenated alkanes) is 2. The molecule has 0 bridgehead atoms. The average molecular weight is 600 g/mol. The Morgan fingerprint density at radius 2 is 1.74 bits per heavy atom. The van der Waals surface area contributed by atoms with E-state index in [0.717, 1.165) is 67.0 Å². The van der Waals surface area contributed by atoms with Crippen LogP contribution in [0.15, 0.2) is 96.3 Å². The molecule has 0 spiro atoms. The van der Waals surface area contributed by atoms with E-state index >= 15 is 0 Å². The SMILES string of the molecule is CCCCOCCOc1ccc(-c2cccc(/C=C/C(=O)Nc3ccc([S@+]([O-])Cc4cncn4CCCC)cc3)c2)cc1. The summed E-state index contributed by atoms with van der Waals surface area (Å²) in [6.45, 7) is 7.06. The number of ether oxygens (including phenoxy) is 2. The molecule has 7 nitrogen and oxygen atoms in total. The highest BCUT2D eigenvalue weighted by atomic mass is 32.2. The van der Waals surface area contributed by atoms with Crippen LogP contribution in [0.25, 0.3) is 17.2 Å². The monoisotopic (exact) mass is 599 g/mol. The van der Waals surface area contributed by atoms with E-state index in [-0.39, 0.29) is 5.91 Å². The molecule has 1 aromatic heterocycles. The van der Waals surface area contributed by atoms with Crippen LogP contribution in [0.2, 0.25) is 0 Å². The number of carbonyl (C=O) groups excluding carboxylic acids is 1. The number of imidazole rings is 1. The average Bonchev–Trinajstić information content (AvgIpc) is 3.48. The van der Waals surface area contributed by atoms with Crippen molar-refractivity contribution in [1.29, 1.82) is 0 Å². The minimum Gasteiger partial charge on any atom is -0.611 e. The van der Waals surface area contributed by atoms with Crippen molar-refractivity contribution in [3.8, 4) is 16.9 Å². The number of aromatic nitrogens is 2. The summed E-state index contributed by atoms with van der Waals surface area (Å²) < 4.78 is 26.3. The van der Waals surface area contributed by atoms with Crippen LogP contribution >= 0.6 is 0 Å². The van der Waals surface area contributed by atoms with Crippen molar-refractivity contribution in [3.05, 3.63) is 103 Å². The van der Waals surface area contributed by atoms with Crippen LogP contribution < -0.4 is 10.1 Å². The van der Waals surface area contributed by atoms with Crippen LogP contribution in [0.4, 0.5) is 5.69 Å². The third-order valence-corrected chi connectivity index (χ3v) is 8.21. The summed E-state index contributed by atoms with van der Waals surface area (Å²) in [6, 6.07) is 23.1. The quantitative estimate of drug-likeness (QED) is 0.0771. The van der Waals surface area contributed by atoms with Gasteiger partial charge in [0.2, 0.25) is 5.91 Å². The molecule has 0 saturated carbocycles. The number of nitrogens with one attached hydrogen (secondary N) is 1. The molecule has 8 heteroatoms. The number of aryl methyl sites for hydroxylation is 1. The molecule has 4 aromatic rings. The Hall–Kier alpha value is -3.85. The Morgan fingerprint density at radius 1 is 0.953 bits per heavy atom. The Balaban J connectivity index is 1.27. The third kappa shape index (κ3) is 10.4. The van der Waals surface area contributed by atoms with E-state index in [4.69, 9.17) is 9.47 Å². The number of nitrogens with zero attached hydrogens (tertiary/aromatic N) is 2. The Kier molecular flexibility index (Phi) is 12.9. The number of carbonyl (C=O) groups is 1. The highest BCUT2D eigenvalue weighted by Gasteiger charge is 2.15. The first kappa shape index (κ1) is 32.1. The van der Waals surface area contributed by atoms with Gasteiger partial charge in [-0.25, -0.2) is 4.98 Å². The maximum Gasteiger partial charge on any atom is 0.248 e. The van der Waals surface area contributed by atoms with E-state index in [0.29, 0.717) is 29.5 Å². The maximum atomic E-state index is 12.9. The molecule has 226 valence electrons. The molecule has 4 rings (SSSR count). The van der Waals surface area contributed by atoms with Crippen molar-refractivity contribution in [1.82, 2.24) is 9.55 Å². The van der Waals surface area contributed by atoms with Gasteiger partial charge in [-0.1, -0.05) is 57.0 Å². The zero-order valence-corrected chi connectivity index (χ0v) is 25.9. The van der Waals surface area contributed by atoms with Crippen molar-refractivity contribution in [2.24, 2.45) is 0 Å². The first-order valence-electron chi connectivity index (χ1n) is 14.9. The Bertz CT molecular complexity index is 1430. The minimum atomic E-state index is -1.20. The lowest BCUT2D eigenvalue weighted by atomic mass is 10.0. The van der Waals surface area contributed by atoms with Crippen LogP contribution in [-0.4, -0.2) is 39.8 Å². The molecule has 1 atom stereocenters. The fourth-order valence-electron chi connectivity index (χ4n) is 4.39. The Labute approximate surface area is 258 Å². The molecular weight excluding hydrogens is 558 g/mol. The standard InChI is InChI=1S/C35H41N3O4S/c1-3-5-20-38-27-36-25-32(38)26-43(40)34-17-13-31(14-18-34)37-35(39)19-10-28-8-7-9-30(24-28)29-11-15-33(16-12-29)42-23-22-41-21-6-4-2/h7-19,24-25,27H,3-6,20-23,26H2,1-2H3,(H,37,39)/b19-10+/t43-/m1/s1. The summed E-state index contributed by atoms with van der Waals surface area (Å²) >= 11 is -1.20. The summed E-state index contributed by atoms with van der Waals surface area (Å²) in [5, 5.41) is 2.88. The Morgan fingerprint density at radius 3 is 2.51 bits per heavy atom. The van der Waals surface area contributed by atoms with Crippen molar-refractivity contribution < 1.29 is 18.8 Å². The lowest BCUT2D eigenvalue weighted by molar-refractivity contribution is -0.111. The second kappa shape index (κ2) is 17.3. The van der Waals surface area contributed by atoms with Gasteiger partial charge in [0.05, 0.1) is 24.8 Å². The molecule has 0 fully saturated rings. The predicted molar refractivity (Wildman–Crippen MR) is 174 cm³/mol. The number of hydrogen-bond acceptors (Lipinski definition) is 5. The highest BCUT2D eigenvalue weighted by molar-refractivity contribution is 7.90. The van der Waals surface area contributed by atoms with Gasteiger partial charge in [-0.15, -0.1) is 0 Å². The number of anilines is 1. The first-order chi connectivity index (χ1) is 21.1. The van der Waals surface area contributed by atoms with Gasteiger partial charge in [0.1, 0.15) is 12.4 Å². The van der Waals surface area contributed by atoms with Gasteiger partial charge in [0.25, 0.3) is 0 Å². The van der Waals surface area contributed by atoms with E-state index in [9.17, 15) is 9.35 Å². The lowest BCUT2D eigenvalue weighted by Crippen LogP contribution is -2.11. The summed E-state index contributed by atoms with van der Waals surface area (Å²) in [4.78, 5) is 17.5. The van der Waals surface area contributed by atoms with Crippen molar-refractivity contribution >= 4 is 28.8 Å². The van der Waals surface area contributed by atoms with Crippen LogP contribution in [0.1, 0.15) is 50.8 Å². The van der Waals surface area contributed by atoms with Gasteiger partial charge in [-0.05, 0) is 89.2 Å². The zero-order chi connectivity index (χ0) is 30.3. The molecule has 1 heterocycles. The fourth-order valence-corrected chi connectivity index (χ4v) is 5.51. The summed E-state index contributed by atoms with van der Waals surface area (Å²) in [7, 11) is 0. The number of rotatable bonds is 17. The van der Waals surface area contributed by atoms with Crippen molar-refractivity contribution in [2.45, 2.75) is 56.7 Å². The number of hydrogen-bond donors (Lipinski definition) is 1. The van der Waals surface area contributed by atoms with Gasteiger partial charge < -0.3 is 23.9 Å². The largest absolute Gasteiger partial charge is 0.611 e. The van der Waals surface area contributed by atoms with Gasteiger partial charge >= 0.3 is 0 Å². The third-order valence-electron chi connectivity index (χ3n) is 6.85. The van der Waals surface area contributed by atoms with Crippen LogP contribution in [0.5, 0.6) is 5.75 Å². The fraction of sp³-hybridized carbons (Fsp3) is 0.314. The second-order valence-corrected chi connectivity index (χ2v) is 11.7. The molecule has 1 N–H and O–H groups in total. The van der Waals surface area contributed by atoms with E-state index < -0.39 is 11.2 Å². The summed E-state index contributed by atoms with van der Waals surface area (Å²) in [6.07, 6.45) is 11.2.